The van der Waals surface area contributed by atoms with Crippen molar-refractivity contribution >= 4 is 17.4 Å². The van der Waals surface area contributed by atoms with Crippen molar-refractivity contribution in [3.8, 4) is 23.0 Å². The Hall–Kier alpha value is -4.79. The number of hydrogen-bond acceptors (Lipinski definition) is 5. The fraction of sp³-hybridized carbons (Fsp3) is 0.0769. The smallest absolute Gasteiger partial charge is 0.323 e. The van der Waals surface area contributed by atoms with Crippen molar-refractivity contribution in [2.75, 3.05) is 10.6 Å². The lowest BCUT2D eigenvalue weighted by Gasteiger charge is -2.09. The summed E-state index contributed by atoms with van der Waals surface area (Å²) in [4.78, 5) is 21.0. The number of aromatic nitrogens is 4. The van der Waals surface area contributed by atoms with Gasteiger partial charge in [-0.15, -0.1) is 0 Å². The highest BCUT2D eigenvalue weighted by molar-refractivity contribution is 5.99. The fourth-order valence-corrected chi connectivity index (χ4v) is 3.52. The number of nitrogens with zero attached hydrogens (tertiary/aromatic N) is 4. The van der Waals surface area contributed by atoms with Gasteiger partial charge in [-0.2, -0.15) is 4.98 Å². The Morgan fingerprint density at radius 2 is 1.71 bits per heavy atom. The zero-order valence-electron chi connectivity index (χ0n) is 18.8. The highest BCUT2D eigenvalue weighted by Gasteiger charge is 2.13. The van der Waals surface area contributed by atoms with E-state index < -0.39 is 6.03 Å². The first kappa shape index (κ1) is 22.0. The molecule has 0 fully saturated rings. The van der Waals surface area contributed by atoms with Crippen molar-refractivity contribution in [2.45, 2.75) is 13.5 Å². The van der Waals surface area contributed by atoms with Crippen molar-refractivity contribution in [3.05, 3.63) is 102 Å². The average molecular weight is 468 g/mol. The molecule has 3 aromatic carbocycles. The predicted molar refractivity (Wildman–Crippen MR) is 130 cm³/mol. The normalized spacial score (nSPS) is 10.8. The Labute approximate surface area is 200 Å². The van der Waals surface area contributed by atoms with E-state index in [1.165, 1.54) is 24.3 Å². The molecule has 0 bridgehead atoms. The van der Waals surface area contributed by atoms with Crippen LogP contribution in [0.15, 0.2) is 89.8 Å². The maximum atomic E-state index is 13.0. The molecule has 0 aliphatic rings. The Kier molecular flexibility index (Phi) is 6.04. The molecule has 9 heteroatoms. The number of urea groups is 1. The van der Waals surface area contributed by atoms with Crippen LogP contribution in [-0.2, 0) is 6.54 Å². The molecule has 5 rings (SSSR count). The molecule has 2 aromatic heterocycles. The van der Waals surface area contributed by atoms with Gasteiger partial charge < -0.3 is 19.7 Å². The monoisotopic (exact) mass is 468 g/mol. The number of rotatable bonds is 6. The van der Waals surface area contributed by atoms with Crippen LogP contribution in [0.5, 0.6) is 0 Å². The number of amides is 2. The number of aryl methyl sites for hydroxylation is 1. The topological polar surface area (TPSA) is 97.9 Å². The van der Waals surface area contributed by atoms with Crippen LogP contribution in [0.25, 0.3) is 23.0 Å². The summed E-state index contributed by atoms with van der Waals surface area (Å²) in [5, 5.41) is 9.48. The Morgan fingerprint density at radius 1 is 1.00 bits per heavy atom. The molecule has 174 valence electrons. The van der Waals surface area contributed by atoms with Crippen LogP contribution in [0.3, 0.4) is 0 Å². The number of imidazole rings is 1. The second kappa shape index (κ2) is 9.60. The molecule has 35 heavy (non-hydrogen) atoms. The number of benzene rings is 3. The van der Waals surface area contributed by atoms with Gasteiger partial charge >= 0.3 is 6.03 Å². The average Bonchev–Trinajstić information content (AvgIpc) is 3.52. The summed E-state index contributed by atoms with van der Waals surface area (Å²) in [5.41, 5.74) is 4.75. The molecule has 0 unspecified atom stereocenters. The van der Waals surface area contributed by atoms with Gasteiger partial charge in [0, 0.05) is 29.7 Å². The van der Waals surface area contributed by atoms with E-state index in [0.717, 1.165) is 16.7 Å². The molecule has 5 aromatic rings. The molecule has 8 nitrogen and oxygen atoms in total. The van der Waals surface area contributed by atoms with Gasteiger partial charge in [0.1, 0.15) is 11.5 Å². The van der Waals surface area contributed by atoms with Crippen LogP contribution < -0.4 is 10.6 Å². The lowest BCUT2D eigenvalue weighted by atomic mass is 10.1. The van der Waals surface area contributed by atoms with Crippen LogP contribution >= 0.6 is 0 Å². The summed E-state index contributed by atoms with van der Waals surface area (Å²) in [6, 6.07) is 20.5. The van der Waals surface area contributed by atoms with Crippen LogP contribution in [0.4, 0.5) is 20.6 Å². The van der Waals surface area contributed by atoms with Gasteiger partial charge in [0.2, 0.25) is 5.82 Å². The molecule has 0 saturated heterocycles. The third-order valence-corrected chi connectivity index (χ3v) is 5.23. The van der Waals surface area contributed by atoms with Gasteiger partial charge in [0.15, 0.2) is 0 Å². The minimum atomic E-state index is -0.409. The second-order valence-electron chi connectivity index (χ2n) is 8.01. The number of hydrogen-bond donors (Lipinski definition) is 2. The van der Waals surface area contributed by atoms with E-state index in [9.17, 15) is 9.18 Å². The largest absolute Gasteiger partial charge is 0.332 e. The molecule has 0 saturated carbocycles. The van der Waals surface area contributed by atoms with E-state index in [0.29, 0.717) is 35.3 Å². The van der Waals surface area contributed by atoms with E-state index in [1.807, 2.05) is 66.2 Å². The van der Waals surface area contributed by atoms with Gasteiger partial charge in [-0.05, 0) is 55.0 Å². The van der Waals surface area contributed by atoms with Crippen molar-refractivity contribution < 1.29 is 13.7 Å². The highest BCUT2D eigenvalue weighted by Crippen LogP contribution is 2.22. The molecule has 2 heterocycles. The minimum absolute atomic E-state index is 0.354. The molecule has 0 spiro atoms. The Bertz CT molecular complexity index is 1460. The molecular formula is C26H21FN6O2. The summed E-state index contributed by atoms with van der Waals surface area (Å²) in [5.74, 6) is 0.512. The van der Waals surface area contributed by atoms with E-state index in [2.05, 4.69) is 25.8 Å². The quantitative estimate of drug-likeness (QED) is 0.331. The van der Waals surface area contributed by atoms with E-state index >= 15 is 0 Å². The summed E-state index contributed by atoms with van der Waals surface area (Å²) in [6.45, 7) is 2.59. The van der Waals surface area contributed by atoms with Gasteiger partial charge in [0.25, 0.3) is 5.89 Å². The number of anilines is 2. The Morgan fingerprint density at radius 3 is 2.43 bits per heavy atom. The summed E-state index contributed by atoms with van der Waals surface area (Å²) in [6.07, 6.45) is 3.55. The third kappa shape index (κ3) is 5.41. The number of carbonyl (C=O) groups excluding carboxylic acids is 1. The molecule has 0 aliphatic carbocycles. The predicted octanol–water partition coefficient (Wildman–Crippen LogP) is 5.74. The first-order chi connectivity index (χ1) is 17.0. The molecule has 2 N–H and O–H groups in total. The maximum absolute atomic E-state index is 13.0. The van der Waals surface area contributed by atoms with Crippen LogP contribution in [0.1, 0.15) is 11.1 Å². The van der Waals surface area contributed by atoms with Gasteiger partial charge in [0.05, 0.1) is 6.33 Å². The third-order valence-electron chi connectivity index (χ3n) is 5.23. The van der Waals surface area contributed by atoms with Crippen LogP contribution in [0.2, 0.25) is 0 Å². The van der Waals surface area contributed by atoms with Crippen molar-refractivity contribution in [3.63, 3.8) is 0 Å². The van der Waals surface area contributed by atoms with Crippen molar-refractivity contribution in [1.29, 1.82) is 0 Å². The van der Waals surface area contributed by atoms with Gasteiger partial charge in [-0.1, -0.05) is 41.1 Å². The van der Waals surface area contributed by atoms with Crippen molar-refractivity contribution in [1.82, 2.24) is 19.7 Å². The molecule has 2 amide bonds. The fourth-order valence-electron chi connectivity index (χ4n) is 3.52. The zero-order chi connectivity index (χ0) is 24.2. The lowest BCUT2D eigenvalue weighted by molar-refractivity contribution is 0.262. The number of halogens is 1. The minimum Gasteiger partial charge on any atom is -0.332 e. The van der Waals surface area contributed by atoms with Crippen LogP contribution in [-0.4, -0.2) is 25.7 Å². The molecule has 0 aliphatic heterocycles. The summed E-state index contributed by atoms with van der Waals surface area (Å²) >= 11 is 0. The van der Waals surface area contributed by atoms with E-state index in [4.69, 9.17) is 4.52 Å². The maximum Gasteiger partial charge on any atom is 0.323 e. The van der Waals surface area contributed by atoms with Gasteiger partial charge in [-0.25, -0.2) is 14.2 Å². The van der Waals surface area contributed by atoms with E-state index in [-0.39, 0.29) is 5.82 Å². The summed E-state index contributed by atoms with van der Waals surface area (Å²) < 4.78 is 20.3. The Balaban J connectivity index is 1.20. The zero-order valence-corrected chi connectivity index (χ0v) is 18.8. The van der Waals surface area contributed by atoms with Gasteiger partial charge in [-0.3, -0.25) is 0 Å². The second-order valence-corrected chi connectivity index (χ2v) is 8.01. The summed E-state index contributed by atoms with van der Waals surface area (Å²) in [7, 11) is 0. The molecule has 0 radical (unpaired) electrons. The first-order valence-corrected chi connectivity index (χ1v) is 10.9. The lowest BCUT2D eigenvalue weighted by Crippen LogP contribution is -2.19. The first-order valence-electron chi connectivity index (χ1n) is 10.9. The van der Waals surface area contributed by atoms with E-state index in [1.54, 1.807) is 6.33 Å². The molecular weight excluding hydrogens is 447 g/mol. The molecule has 0 atom stereocenters. The SMILES string of the molecule is Cc1cccc(-c2noc(-c3cn(Cc4ccc(NC(=O)Nc5ccc(F)cc5)cc4)cn3)n2)c1. The van der Waals surface area contributed by atoms with Crippen molar-refractivity contribution in [2.24, 2.45) is 0 Å². The number of nitrogens with one attached hydrogen (secondary N) is 2. The highest BCUT2D eigenvalue weighted by atomic mass is 19.1. The number of carbonyl (C=O) groups is 1. The standard InChI is InChI=1S/C26H21FN6O2/c1-17-3-2-4-19(13-17)24-31-25(35-32-24)23-15-33(16-28-23)14-18-5-9-21(10-6-18)29-26(34)30-22-11-7-20(27)8-12-22/h2-13,15-16H,14H2,1H3,(H2,29,30,34). The van der Waals surface area contributed by atoms with Crippen LogP contribution in [0, 0.1) is 12.7 Å².